The molecule has 1 aromatic heterocycles. The maximum Gasteiger partial charge on any atom is 0.229 e. The summed E-state index contributed by atoms with van der Waals surface area (Å²) >= 11 is 0. The number of nitrogens with one attached hydrogen (secondary N) is 1. The molecule has 1 aromatic carbocycles. The lowest BCUT2D eigenvalue weighted by Gasteiger charge is -2.11. The van der Waals surface area contributed by atoms with Crippen LogP contribution in [0.1, 0.15) is 17.5 Å². The first-order chi connectivity index (χ1) is 10.0. The molecule has 0 bridgehead atoms. The fourth-order valence-electron chi connectivity index (χ4n) is 2.02. The lowest BCUT2D eigenvalue weighted by Crippen LogP contribution is -2.14. The number of rotatable bonds is 6. The molecular formula is C16H23N5. The molecule has 0 fully saturated rings. The van der Waals surface area contributed by atoms with Crippen molar-refractivity contribution in [3.63, 3.8) is 0 Å². The minimum atomic E-state index is 0.535. The van der Waals surface area contributed by atoms with Crippen LogP contribution in [0.25, 0.3) is 0 Å². The first-order valence-corrected chi connectivity index (χ1v) is 7.14. The van der Waals surface area contributed by atoms with Gasteiger partial charge in [-0.15, -0.1) is 0 Å². The van der Waals surface area contributed by atoms with Gasteiger partial charge < -0.3 is 16.0 Å². The van der Waals surface area contributed by atoms with Gasteiger partial charge in [0.25, 0.3) is 0 Å². The van der Waals surface area contributed by atoms with Crippen LogP contribution < -0.4 is 11.1 Å². The Hall–Kier alpha value is -2.14. The normalized spacial score (nSPS) is 10.9. The maximum atomic E-state index is 6.01. The second-order valence-corrected chi connectivity index (χ2v) is 5.50. The number of hydrogen-bond acceptors (Lipinski definition) is 5. The summed E-state index contributed by atoms with van der Waals surface area (Å²) in [5, 5.41) is 3.16. The van der Waals surface area contributed by atoms with Gasteiger partial charge in [0.2, 0.25) is 5.95 Å². The Morgan fingerprint density at radius 1 is 1.19 bits per heavy atom. The summed E-state index contributed by atoms with van der Waals surface area (Å²) in [6.45, 7) is 3.09. The number of benzene rings is 1. The quantitative estimate of drug-likeness (QED) is 0.854. The van der Waals surface area contributed by atoms with Crippen molar-refractivity contribution in [3.05, 3.63) is 41.6 Å². The molecule has 0 aliphatic carbocycles. The van der Waals surface area contributed by atoms with Crippen molar-refractivity contribution < 1.29 is 0 Å². The van der Waals surface area contributed by atoms with Crippen LogP contribution in [0.15, 0.2) is 30.5 Å². The molecule has 5 heteroatoms. The molecule has 0 radical (unpaired) electrons. The van der Waals surface area contributed by atoms with Crippen LogP contribution in [0.5, 0.6) is 0 Å². The highest BCUT2D eigenvalue weighted by atomic mass is 15.1. The van der Waals surface area contributed by atoms with Gasteiger partial charge in [-0.3, -0.25) is 0 Å². The summed E-state index contributed by atoms with van der Waals surface area (Å²) in [6, 6.07) is 8.09. The van der Waals surface area contributed by atoms with Crippen LogP contribution in [-0.4, -0.2) is 35.5 Å². The van der Waals surface area contributed by atoms with Crippen molar-refractivity contribution >= 4 is 17.5 Å². The second kappa shape index (κ2) is 7.04. The standard InChI is InChI=1S/C16H23N5/c1-12-6-8-14(9-7-12)19-16-18-11-13(15(17)20-16)5-4-10-21(2)3/h6-9,11H,4-5,10H2,1-3H3,(H3,17,18,19,20). The third-order valence-corrected chi connectivity index (χ3v) is 3.26. The zero-order valence-electron chi connectivity index (χ0n) is 12.9. The average molecular weight is 285 g/mol. The van der Waals surface area contributed by atoms with Gasteiger partial charge in [0.1, 0.15) is 5.82 Å². The molecule has 0 aliphatic rings. The lowest BCUT2D eigenvalue weighted by molar-refractivity contribution is 0.400. The first-order valence-electron chi connectivity index (χ1n) is 7.14. The number of nitrogens with zero attached hydrogens (tertiary/aromatic N) is 3. The van der Waals surface area contributed by atoms with E-state index in [1.807, 2.05) is 30.5 Å². The van der Waals surface area contributed by atoms with Crippen LogP contribution in [0.2, 0.25) is 0 Å². The molecule has 0 amide bonds. The van der Waals surface area contributed by atoms with Gasteiger partial charge in [-0.25, -0.2) is 4.98 Å². The van der Waals surface area contributed by atoms with Gasteiger partial charge in [-0.2, -0.15) is 4.98 Å². The topological polar surface area (TPSA) is 67.1 Å². The molecule has 2 rings (SSSR count). The smallest absolute Gasteiger partial charge is 0.229 e. The molecule has 0 unspecified atom stereocenters. The molecular weight excluding hydrogens is 262 g/mol. The van der Waals surface area contributed by atoms with Crippen molar-refractivity contribution in [1.82, 2.24) is 14.9 Å². The molecule has 5 nitrogen and oxygen atoms in total. The van der Waals surface area contributed by atoms with Crippen LogP contribution >= 0.6 is 0 Å². The van der Waals surface area contributed by atoms with Crippen LogP contribution in [0.4, 0.5) is 17.5 Å². The van der Waals surface area contributed by atoms with E-state index in [-0.39, 0.29) is 0 Å². The third kappa shape index (κ3) is 4.72. The highest BCUT2D eigenvalue weighted by molar-refractivity contribution is 5.55. The fraction of sp³-hybridized carbons (Fsp3) is 0.375. The molecule has 0 saturated carbocycles. The Kier molecular flexibility index (Phi) is 5.11. The molecule has 0 aliphatic heterocycles. The van der Waals surface area contributed by atoms with E-state index in [2.05, 4.69) is 41.2 Å². The monoisotopic (exact) mass is 285 g/mol. The average Bonchev–Trinajstić information content (AvgIpc) is 2.43. The van der Waals surface area contributed by atoms with Crippen LogP contribution in [0.3, 0.4) is 0 Å². The van der Waals surface area contributed by atoms with Crippen LogP contribution in [-0.2, 0) is 6.42 Å². The summed E-state index contributed by atoms with van der Waals surface area (Å²) in [7, 11) is 4.13. The molecule has 1 heterocycles. The fourth-order valence-corrected chi connectivity index (χ4v) is 2.02. The van der Waals surface area contributed by atoms with E-state index in [1.165, 1.54) is 5.56 Å². The van der Waals surface area contributed by atoms with E-state index in [4.69, 9.17) is 5.73 Å². The lowest BCUT2D eigenvalue weighted by atomic mass is 10.1. The van der Waals surface area contributed by atoms with E-state index in [0.29, 0.717) is 11.8 Å². The SMILES string of the molecule is Cc1ccc(Nc2ncc(CCCN(C)C)c(N)n2)cc1. The van der Waals surface area contributed by atoms with Crippen molar-refractivity contribution in [2.75, 3.05) is 31.7 Å². The van der Waals surface area contributed by atoms with E-state index in [0.717, 1.165) is 30.6 Å². The number of nitrogen functional groups attached to an aromatic ring is 1. The molecule has 0 spiro atoms. The van der Waals surface area contributed by atoms with Gasteiger partial charge in [0.15, 0.2) is 0 Å². The summed E-state index contributed by atoms with van der Waals surface area (Å²) < 4.78 is 0. The molecule has 0 atom stereocenters. The van der Waals surface area contributed by atoms with Crippen molar-refractivity contribution in [2.24, 2.45) is 0 Å². The number of hydrogen-bond donors (Lipinski definition) is 2. The number of anilines is 3. The third-order valence-electron chi connectivity index (χ3n) is 3.26. The van der Waals surface area contributed by atoms with Crippen LogP contribution in [0, 0.1) is 6.92 Å². The summed E-state index contributed by atoms with van der Waals surface area (Å²) in [5.74, 6) is 1.09. The summed E-state index contributed by atoms with van der Waals surface area (Å²) in [5.41, 5.74) is 9.20. The van der Waals surface area contributed by atoms with E-state index >= 15 is 0 Å². The highest BCUT2D eigenvalue weighted by Crippen LogP contribution is 2.17. The second-order valence-electron chi connectivity index (χ2n) is 5.50. The van der Waals surface area contributed by atoms with Gasteiger partial charge in [-0.1, -0.05) is 17.7 Å². The Labute approximate surface area is 126 Å². The van der Waals surface area contributed by atoms with Gasteiger partial charge >= 0.3 is 0 Å². The Morgan fingerprint density at radius 2 is 1.90 bits per heavy atom. The minimum absolute atomic E-state index is 0.535. The Morgan fingerprint density at radius 3 is 2.52 bits per heavy atom. The summed E-state index contributed by atoms with van der Waals surface area (Å²) in [4.78, 5) is 10.8. The van der Waals surface area contributed by atoms with E-state index < -0.39 is 0 Å². The van der Waals surface area contributed by atoms with Crippen molar-refractivity contribution in [1.29, 1.82) is 0 Å². The number of nitrogens with two attached hydrogens (primary N) is 1. The van der Waals surface area contributed by atoms with E-state index in [1.54, 1.807) is 0 Å². The minimum Gasteiger partial charge on any atom is -0.383 e. The summed E-state index contributed by atoms with van der Waals surface area (Å²) in [6.07, 6.45) is 3.76. The van der Waals surface area contributed by atoms with Crippen molar-refractivity contribution in [2.45, 2.75) is 19.8 Å². The zero-order valence-corrected chi connectivity index (χ0v) is 12.9. The predicted molar refractivity (Wildman–Crippen MR) is 87.8 cm³/mol. The number of aromatic nitrogens is 2. The highest BCUT2D eigenvalue weighted by Gasteiger charge is 2.05. The molecule has 2 aromatic rings. The molecule has 3 N–H and O–H groups in total. The van der Waals surface area contributed by atoms with Gasteiger partial charge in [-0.05, 0) is 52.5 Å². The molecule has 0 saturated heterocycles. The zero-order chi connectivity index (χ0) is 15.2. The van der Waals surface area contributed by atoms with E-state index in [9.17, 15) is 0 Å². The molecule has 112 valence electrons. The molecule has 21 heavy (non-hydrogen) atoms. The maximum absolute atomic E-state index is 6.01. The van der Waals surface area contributed by atoms with Gasteiger partial charge in [0.05, 0.1) is 0 Å². The Balaban J connectivity index is 1.99. The Bertz CT molecular complexity index is 578. The first kappa shape index (κ1) is 15.3. The largest absolute Gasteiger partial charge is 0.383 e. The number of aryl methyl sites for hydroxylation is 2. The predicted octanol–water partition coefficient (Wildman–Crippen LogP) is 2.61. The van der Waals surface area contributed by atoms with Gasteiger partial charge in [0, 0.05) is 17.4 Å². The van der Waals surface area contributed by atoms with Crippen molar-refractivity contribution in [3.8, 4) is 0 Å².